The van der Waals surface area contributed by atoms with E-state index in [2.05, 4.69) is 23.9 Å². The summed E-state index contributed by atoms with van der Waals surface area (Å²) in [7, 11) is 1.83. The van der Waals surface area contributed by atoms with E-state index in [0.717, 1.165) is 38.4 Å². The van der Waals surface area contributed by atoms with Gasteiger partial charge in [0.15, 0.2) is 5.60 Å². The average Bonchev–Trinajstić information content (AvgIpc) is 2.87. The Hall–Kier alpha value is -1.10. The van der Waals surface area contributed by atoms with E-state index >= 15 is 0 Å². The van der Waals surface area contributed by atoms with E-state index < -0.39 is 0 Å². The molecule has 0 unspecified atom stereocenters. The van der Waals surface area contributed by atoms with Gasteiger partial charge in [-0.1, -0.05) is 19.0 Å². The van der Waals surface area contributed by atoms with Crippen LogP contribution in [0.25, 0.3) is 0 Å². The largest absolute Gasteiger partial charge is 0.387 e. The van der Waals surface area contributed by atoms with E-state index in [1.54, 1.807) is 4.90 Å². The van der Waals surface area contributed by atoms with Crippen molar-refractivity contribution in [2.75, 3.05) is 26.7 Å². The minimum Gasteiger partial charge on any atom is -0.387 e. The molecule has 2 heterocycles. The lowest BCUT2D eigenvalue weighted by Crippen LogP contribution is -2.49. The maximum absolute atomic E-state index is 12.4. The molecule has 0 N–H and O–H groups in total. The SMILES string of the molecule is CC(C)CCN1CCC[C@]2(CC(C(=O)N(C)C(C)C)=NO2)C1. The Morgan fingerprint density at radius 1 is 1.41 bits per heavy atom. The van der Waals surface area contributed by atoms with Crippen LogP contribution in [0.2, 0.25) is 0 Å². The number of likely N-dealkylation sites (tertiary alicyclic amines) is 1. The van der Waals surface area contributed by atoms with Gasteiger partial charge >= 0.3 is 0 Å². The Balaban J connectivity index is 1.93. The first-order chi connectivity index (χ1) is 10.3. The second-order valence-corrected chi connectivity index (χ2v) is 7.56. The minimum atomic E-state index is -0.266. The summed E-state index contributed by atoms with van der Waals surface area (Å²) in [5.41, 5.74) is 0.319. The highest BCUT2D eigenvalue weighted by atomic mass is 16.7. The van der Waals surface area contributed by atoms with Crippen molar-refractivity contribution in [3.63, 3.8) is 0 Å². The summed E-state index contributed by atoms with van der Waals surface area (Å²) in [4.78, 5) is 22.4. The van der Waals surface area contributed by atoms with Crippen LogP contribution in [-0.4, -0.2) is 59.7 Å². The molecule has 2 rings (SSSR count). The average molecular weight is 309 g/mol. The lowest BCUT2D eigenvalue weighted by atomic mass is 9.87. The van der Waals surface area contributed by atoms with Crippen LogP contribution in [0.1, 0.15) is 53.4 Å². The molecular weight excluding hydrogens is 278 g/mol. The molecule has 1 amide bonds. The quantitative estimate of drug-likeness (QED) is 0.784. The Morgan fingerprint density at radius 2 is 2.14 bits per heavy atom. The van der Waals surface area contributed by atoms with Gasteiger partial charge in [-0.15, -0.1) is 0 Å². The maximum Gasteiger partial charge on any atom is 0.271 e. The lowest BCUT2D eigenvalue weighted by Gasteiger charge is -2.38. The van der Waals surface area contributed by atoms with Crippen LogP contribution in [0, 0.1) is 5.92 Å². The molecule has 0 aromatic rings. The van der Waals surface area contributed by atoms with Crippen LogP contribution in [-0.2, 0) is 9.63 Å². The minimum absolute atomic E-state index is 0.00572. The second-order valence-electron chi connectivity index (χ2n) is 7.56. The summed E-state index contributed by atoms with van der Waals surface area (Å²) in [6.45, 7) is 11.7. The van der Waals surface area contributed by atoms with E-state index in [-0.39, 0.29) is 17.6 Å². The fraction of sp³-hybridized carbons (Fsp3) is 0.882. The molecule has 1 saturated heterocycles. The van der Waals surface area contributed by atoms with E-state index in [0.29, 0.717) is 12.1 Å². The monoisotopic (exact) mass is 309 g/mol. The van der Waals surface area contributed by atoms with Crippen LogP contribution in [0.5, 0.6) is 0 Å². The summed E-state index contributed by atoms with van der Waals surface area (Å²) in [6.07, 6.45) is 3.98. The molecule has 2 aliphatic rings. The van der Waals surface area contributed by atoms with Crippen molar-refractivity contribution in [3.05, 3.63) is 0 Å². The van der Waals surface area contributed by atoms with Crippen molar-refractivity contribution in [3.8, 4) is 0 Å². The number of hydrogen-bond donors (Lipinski definition) is 0. The number of piperidine rings is 1. The smallest absolute Gasteiger partial charge is 0.271 e. The van der Waals surface area contributed by atoms with E-state index in [1.165, 1.54) is 6.42 Å². The topological polar surface area (TPSA) is 45.1 Å². The van der Waals surface area contributed by atoms with Crippen molar-refractivity contribution in [2.24, 2.45) is 11.1 Å². The number of oxime groups is 1. The summed E-state index contributed by atoms with van der Waals surface area (Å²) in [5.74, 6) is 0.724. The molecule has 126 valence electrons. The first-order valence-electron chi connectivity index (χ1n) is 8.57. The molecule has 1 fully saturated rings. The summed E-state index contributed by atoms with van der Waals surface area (Å²) < 4.78 is 0. The van der Waals surface area contributed by atoms with Crippen LogP contribution in [0.3, 0.4) is 0 Å². The Kier molecular flexibility index (Phi) is 5.48. The van der Waals surface area contributed by atoms with Gasteiger partial charge in [0.2, 0.25) is 0 Å². The van der Waals surface area contributed by atoms with Crippen molar-refractivity contribution >= 4 is 11.6 Å². The third-order valence-corrected chi connectivity index (χ3v) is 4.82. The molecule has 1 atom stereocenters. The zero-order valence-corrected chi connectivity index (χ0v) is 14.8. The summed E-state index contributed by atoms with van der Waals surface area (Å²) in [6, 6.07) is 0.181. The highest BCUT2D eigenvalue weighted by Crippen LogP contribution is 2.34. The molecule has 22 heavy (non-hydrogen) atoms. The molecule has 1 spiro atoms. The maximum atomic E-state index is 12.4. The molecule has 0 aliphatic carbocycles. The normalized spacial score (nSPS) is 25.7. The van der Waals surface area contributed by atoms with Crippen LogP contribution in [0.4, 0.5) is 0 Å². The van der Waals surface area contributed by atoms with Gasteiger partial charge in [0, 0.05) is 26.1 Å². The van der Waals surface area contributed by atoms with Gasteiger partial charge in [-0.2, -0.15) is 0 Å². The molecule has 5 heteroatoms. The fourth-order valence-corrected chi connectivity index (χ4v) is 3.12. The van der Waals surface area contributed by atoms with Gasteiger partial charge in [-0.05, 0) is 52.1 Å². The Bertz CT molecular complexity index is 434. The molecule has 5 nitrogen and oxygen atoms in total. The zero-order valence-electron chi connectivity index (χ0n) is 14.8. The molecule has 0 aromatic heterocycles. The number of nitrogens with zero attached hydrogens (tertiary/aromatic N) is 3. The van der Waals surface area contributed by atoms with Crippen LogP contribution < -0.4 is 0 Å². The molecule has 2 aliphatic heterocycles. The molecule has 0 saturated carbocycles. The van der Waals surface area contributed by atoms with Crippen LogP contribution in [0.15, 0.2) is 5.16 Å². The van der Waals surface area contributed by atoms with Crippen molar-refractivity contribution in [1.29, 1.82) is 0 Å². The van der Waals surface area contributed by atoms with Gasteiger partial charge in [0.25, 0.3) is 5.91 Å². The van der Waals surface area contributed by atoms with Crippen molar-refractivity contribution < 1.29 is 9.63 Å². The zero-order chi connectivity index (χ0) is 16.3. The number of carbonyl (C=O) groups is 1. The Labute approximate surface area is 134 Å². The van der Waals surface area contributed by atoms with Gasteiger partial charge in [-0.3, -0.25) is 9.69 Å². The van der Waals surface area contributed by atoms with E-state index in [4.69, 9.17) is 4.84 Å². The number of amides is 1. The predicted molar refractivity (Wildman–Crippen MR) is 88.9 cm³/mol. The standard InChI is InChI=1S/C17H31N3O2/c1-13(2)7-10-20-9-6-8-17(12-20)11-15(18-22-17)16(21)19(5)14(3)4/h13-14H,6-12H2,1-5H3/t17-/m0/s1. The van der Waals surface area contributed by atoms with Crippen molar-refractivity contribution in [1.82, 2.24) is 9.80 Å². The molecule has 0 aromatic carbocycles. The number of hydrogen-bond acceptors (Lipinski definition) is 4. The van der Waals surface area contributed by atoms with E-state index in [9.17, 15) is 4.79 Å². The first-order valence-corrected chi connectivity index (χ1v) is 8.57. The first kappa shape index (κ1) is 17.3. The third-order valence-electron chi connectivity index (χ3n) is 4.82. The fourth-order valence-electron chi connectivity index (χ4n) is 3.12. The highest BCUT2D eigenvalue weighted by molar-refractivity contribution is 6.39. The lowest BCUT2D eigenvalue weighted by molar-refractivity contribution is -0.124. The van der Waals surface area contributed by atoms with Crippen LogP contribution >= 0.6 is 0 Å². The molecular formula is C17H31N3O2. The van der Waals surface area contributed by atoms with Gasteiger partial charge in [-0.25, -0.2) is 0 Å². The third kappa shape index (κ3) is 4.00. The predicted octanol–water partition coefficient (Wildman–Crippen LogP) is 2.51. The number of rotatable bonds is 5. The summed E-state index contributed by atoms with van der Waals surface area (Å²) in [5, 5.41) is 4.14. The number of carbonyl (C=O) groups excluding carboxylic acids is 1. The Morgan fingerprint density at radius 3 is 2.77 bits per heavy atom. The van der Waals surface area contributed by atoms with E-state index in [1.807, 2.05) is 20.9 Å². The highest BCUT2D eigenvalue weighted by Gasteiger charge is 2.44. The van der Waals surface area contributed by atoms with Crippen molar-refractivity contribution in [2.45, 2.75) is 65.0 Å². The second kappa shape index (κ2) is 6.99. The molecule has 0 bridgehead atoms. The summed E-state index contributed by atoms with van der Waals surface area (Å²) >= 11 is 0. The molecule has 0 radical (unpaired) electrons. The van der Waals surface area contributed by atoms with Gasteiger partial charge in [0.1, 0.15) is 5.71 Å². The van der Waals surface area contributed by atoms with Gasteiger partial charge < -0.3 is 9.74 Å². The van der Waals surface area contributed by atoms with Gasteiger partial charge in [0.05, 0.1) is 0 Å².